The molecule has 0 saturated carbocycles. The fourth-order valence-corrected chi connectivity index (χ4v) is 3.48. The maximum atomic E-state index is 12.4. The van der Waals surface area contributed by atoms with Gasteiger partial charge < -0.3 is 26.4 Å². The number of carbonyl (C=O) groups excluding carboxylic acids is 2. The Morgan fingerprint density at radius 1 is 0.973 bits per heavy atom. The molecule has 37 heavy (non-hydrogen) atoms. The fourth-order valence-electron chi connectivity index (χ4n) is 3.48. The normalized spacial score (nSPS) is 10.8. The molecule has 2 heterocycles. The number of carboxylic acid groups (broad SMARTS) is 1. The van der Waals surface area contributed by atoms with Gasteiger partial charge in [0.1, 0.15) is 11.6 Å². The molecule has 11 nitrogen and oxygen atoms in total. The molecule has 0 bridgehead atoms. The van der Waals surface area contributed by atoms with Crippen molar-refractivity contribution in [1.29, 1.82) is 0 Å². The van der Waals surface area contributed by atoms with Gasteiger partial charge in [0.2, 0.25) is 0 Å². The second-order valence-electron chi connectivity index (χ2n) is 8.89. The Kier molecular flexibility index (Phi) is 8.98. The van der Waals surface area contributed by atoms with E-state index in [1.807, 2.05) is 50.2 Å². The number of aromatic nitrogens is 2. The summed E-state index contributed by atoms with van der Waals surface area (Å²) in [4.78, 5) is 44.0. The molecule has 0 saturated heterocycles. The zero-order chi connectivity index (χ0) is 26.8. The lowest BCUT2D eigenvalue weighted by atomic mass is 9.85. The Labute approximate surface area is 215 Å². The maximum Gasteiger partial charge on any atom is 0.410 e. The number of urea groups is 1. The first-order chi connectivity index (χ1) is 17.7. The minimum atomic E-state index is -1.19. The molecule has 11 heteroatoms. The largest absolute Gasteiger partial charge is 0.465 e. The lowest BCUT2D eigenvalue weighted by Gasteiger charge is -2.25. The Morgan fingerprint density at radius 3 is 2.38 bits per heavy atom. The highest BCUT2D eigenvalue weighted by Crippen LogP contribution is 2.28. The van der Waals surface area contributed by atoms with Gasteiger partial charge in [0.15, 0.2) is 0 Å². The van der Waals surface area contributed by atoms with Crippen LogP contribution in [0.3, 0.4) is 0 Å². The Balaban J connectivity index is 1.57. The number of hydrogen-bond acceptors (Lipinski definition) is 6. The monoisotopic (exact) mass is 505 g/mol. The zero-order valence-electron chi connectivity index (χ0n) is 21.0. The average Bonchev–Trinajstić information content (AvgIpc) is 2.88. The molecule has 0 radical (unpaired) electrons. The summed E-state index contributed by atoms with van der Waals surface area (Å²) >= 11 is 0. The summed E-state index contributed by atoms with van der Waals surface area (Å²) in [6, 6.07) is 15.9. The molecule has 3 rings (SSSR count). The third-order valence-corrected chi connectivity index (χ3v) is 5.65. The van der Waals surface area contributed by atoms with Crippen LogP contribution in [0.2, 0.25) is 0 Å². The van der Waals surface area contributed by atoms with Crippen molar-refractivity contribution in [1.82, 2.24) is 25.9 Å². The molecule has 1 aromatic carbocycles. The molecule has 0 aliphatic heterocycles. The summed E-state index contributed by atoms with van der Waals surface area (Å²) in [6.07, 6.45) is 0.903. The number of rotatable bonds is 10. The van der Waals surface area contributed by atoms with Gasteiger partial charge in [0, 0.05) is 43.1 Å². The van der Waals surface area contributed by atoms with Crippen LogP contribution >= 0.6 is 0 Å². The van der Waals surface area contributed by atoms with Crippen molar-refractivity contribution < 1.29 is 19.5 Å². The summed E-state index contributed by atoms with van der Waals surface area (Å²) < 4.78 is 0. The van der Waals surface area contributed by atoms with Gasteiger partial charge in [-0.15, -0.1) is 0 Å². The van der Waals surface area contributed by atoms with E-state index in [0.717, 1.165) is 16.9 Å². The first-order valence-corrected chi connectivity index (χ1v) is 11.7. The predicted octanol–water partition coefficient (Wildman–Crippen LogP) is 3.84. The molecule has 3 aromatic rings. The van der Waals surface area contributed by atoms with Crippen LogP contribution in [0, 0.1) is 0 Å². The number of benzene rings is 1. The van der Waals surface area contributed by atoms with Gasteiger partial charge in [-0.2, -0.15) is 0 Å². The first kappa shape index (κ1) is 26.9. The van der Waals surface area contributed by atoms with Gasteiger partial charge in [0.05, 0.1) is 5.56 Å². The van der Waals surface area contributed by atoms with Gasteiger partial charge in [-0.3, -0.25) is 10.1 Å². The first-order valence-electron chi connectivity index (χ1n) is 11.7. The van der Waals surface area contributed by atoms with Crippen LogP contribution in [0.1, 0.15) is 41.9 Å². The van der Waals surface area contributed by atoms with E-state index in [1.54, 1.807) is 19.2 Å². The SMILES string of the molecule is CNC(=O)c1ccc(C(C)(C)CCNC(=O)NCc2ccc(NC(=O)O)nc2)nc1Nc1ccccc1. The fraction of sp³-hybridized carbons (Fsp3) is 0.269. The second-order valence-corrected chi connectivity index (χ2v) is 8.89. The quantitative estimate of drug-likeness (QED) is 0.244. The molecule has 0 fully saturated rings. The standard InChI is InChI=1S/C26H31N7O4/c1-26(2,13-14-28-24(35)30-16-17-9-12-21(29-15-17)33-25(36)37)20-11-10-19(23(34)27-3)22(32-20)31-18-7-5-4-6-8-18/h4-12,15H,13-14,16H2,1-3H3,(H,27,34)(H,29,33)(H,31,32)(H,36,37)(H2,28,30,35). The van der Waals surface area contributed by atoms with Crippen molar-refractivity contribution >= 4 is 35.4 Å². The number of hydrogen-bond donors (Lipinski definition) is 6. The Morgan fingerprint density at radius 2 is 1.73 bits per heavy atom. The number of para-hydroxylation sites is 1. The maximum absolute atomic E-state index is 12.4. The number of anilines is 3. The summed E-state index contributed by atoms with van der Waals surface area (Å²) in [6.45, 7) is 4.70. The smallest absolute Gasteiger partial charge is 0.410 e. The summed E-state index contributed by atoms with van der Waals surface area (Å²) in [5.41, 5.74) is 2.37. The van der Waals surface area contributed by atoms with Crippen molar-refractivity contribution in [3.8, 4) is 0 Å². The number of nitrogens with zero attached hydrogens (tertiary/aromatic N) is 2. The van der Waals surface area contributed by atoms with E-state index in [9.17, 15) is 14.4 Å². The van der Waals surface area contributed by atoms with Crippen LogP contribution < -0.4 is 26.6 Å². The molecule has 0 aliphatic carbocycles. The Hall–Kier alpha value is -4.67. The van der Waals surface area contributed by atoms with Gasteiger partial charge in [-0.25, -0.2) is 19.6 Å². The van der Waals surface area contributed by atoms with Crippen LogP contribution in [0.5, 0.6) is 0 Å². The van der Waals surface area contributed by atoms with Gasteiger partial charge in [0.25, 0.3) is 5.91 Å². The summed E-state index contributed by atoms with van der Waals surface area (Å²) in [5.74, 6) is 0.429. The third-order valence-electron chi connectivity index (χ3n) is 5.65. The van der Waals surface area contributed by atoms with Crippen molar-refractivity contribution in [2.45, 2.75) is 32.2 Å². The third kappa shape index (κ3) is 7.92. The van der Waals surface area contributed by atoms with Crippen LogP contribution in [-0.2, 0) is 12.0 Å². The number of nitrogens with one attached hydrogen (secondary N) is 5. The van der Waals surface area contributed by atoms with Crippen molar-refractivity contribution in [2.75, 3.05) is 24.2 Å². The van der Waals surface area contributed by atoms with E-state index in [1.165, 1.54) is 12.3 Å². The van der Waals surface area contributed by atoms with Crippen molar-refractivity contribution in [3.05, 3.63) is 77.6 Å². The molecule has 6 N–H and O–H groups in total. The second kappa shape index (κ2) is 12.3. The van der Waals surface area contributed by atoms with E-state index in [0.29, 0.717) is 24.3 Å². The van der Waals surface area contributed by atoms with E-state index in [-0.39, 0.29) is 24.3 Å². The average molecular weight is 506 g/mol. The molecule has 0 unspecified atom stereocenters. The van der Waals surface area contributed by atoms with Gasteiger partial charge in [-0.05, 0) is 42.3 Å². The summed E-state index contributed by atoms with van der Waals surface area (Å²) in [7, 11) is 1.57. The van der Waals surface area contributed by atoms with E-state index >= 15 is 0 Å². The number of carbonyl (C=O) groups is 3. The minimum absolute atomic E-state index is 0.210. The summed E-state index contributed by atoms with van der Waals surface area (Å²) in [5, 5.41) is 22.3. The Bertz CT molecular complexity index is 1230. The minimum Gasteiger partial charge on any atom is -0.465 e. The molecule has 194 valence electrons. The molecular weight excluding hydrogens is 474 g/mol. The van der Waals surface area contributed by atoms with Gasteiger partial charge in [-0.1, -0.05) is 38.1 Å². The number of pyridine rings is 2. The predicted molar refractivity (Wildman–Crippen MR) is 141 cm³/mol. The van der Waals surface area contributed by atoms with Crippen LogP contribution in [0.4, 0.5) is 26.9 Å². The molecule has 0 atom stereocenters. The van der Waals surface area contributed by atoms with Crippen LogP contribution in [0.25, 0.3) is 0 Å². The highest BCUT2D eigenvalue weighted by molar-refractivity contribution is 5.99. The lowest BCUT2D eigenvalue weighted by molar-refractivity contribution is 0.0963. The van der Waals surface area contributed by atoms with Crippen molar-refractivity contribution in [2.24, 2.45) is 0 Å². The van der Waals surface area contributed by atoms with E-state index < -0.39 is 11.5 Å². The highest BCUT2D eigenvalue weighted by atomic mass is 16.4. The molecule has 4 amide bonds. The van der Waals surface area contributed by atoms with E-state index in [2.05, 4.69) is 31.6 Å². The van der Waals surface area contributed by atoms with Crippen LogP contribution in [0.15, 0.2) is 60.8 Å². The lowest BCUT2D eigenvalue weighted by Crippen LogP contribution is -2.37. The van der Waals surface area contributed by atoms with Gasteiger partial charge >= 0.3 is 12.1 Å². The van der Waals surface area contributed by atoms with Crippen LogP contribution in [-0.4, -0.2) is 46.7 Å². The molecule has 0 aliphatic rings. The van der Waals surface area contributed by atoms with Crippen molar-refractivity contribution in [3.63, 3.8) is 0 Å². The molecular formula is C26H31N7O4. The number of amides is 4. The van der Waals surface area contributed by atoms with E-state index in [4.69, 9.17) is 10.1 Å². The molecule has 0 spiro atoms. The molecule has 2 aromatic heterocycles. The topological polar surface area (TPSA) is 157 Å². The zero-order valence-corrected chi connectivity index (χ0v) is 21.0. The highest BCUT2D eigenvalue weighted by Gasteiger charge is 2.24.